The van der Waals surface area contributed by atoms with Crippen molar-refractivity contribution >= 4 is 11.6 Å². The standard InChI is InChI=1S/C6H7ClN2O3/c7-4-3-6(8,9(11)12)2-1-5(4)10/h1,3,10H,2,8H2. The van der Waals surface area contributed by atoms with E-state index in [0.29, 0.717) is 0 Å². The van der Waals surface area contributed by atoms with Crippen molar-refractivity contribution in [1.82, 2.24) is 0 Å². The van der Waals surface area contributed by atoms with E-state index in [0.717, 1.165) is 6.08 Å². The lowest BCUT2D eigenvalue weighted by molar-refractivity contribution is -0.553. The van der Waals surface area contributed by atoms with Crippen molar-refractivity contribution in [2.24, 2.45) is 5.73 Å². The SMILES string of the molecule is NC1([N+](=O)[O-])C=C(Cl)C(O)=CC1. The number of aliphatic hydroxyl groups excluding tert-OH is 1. The molecule has 1 rings (SSSR count). The number of aliphatic hydroxyl groups is 1. The molecule has 0 bridgehead atoms. The first-order valence-corrected chi connectivity index (χ1v) is 3.55. The number of nitrogens with zero attached hydrogens (tertiary/aromatic N) is 1. The molecule has 0 aromatic rings. The Morgan fingerprint density at radius 1 is 1.83 bits per heavy atom. The molecule has 1 aliphatic rings. The normalized spacial score (nSPS) is 29.2. The first-order chi connectivity index (χ1) is 5.46. The molecule has 6 heteroatoms. The van der Waals surface area contributed by atoms with Gasteiger partial charge in [-0.2, -0.15) is 0 Å². The molecule has 0 radical (unpaired) electrons. The molecule has 0 fully saturated rings. The number of hydrogen-bond donors (Lipinski definition) is 2. The van der Waals surface area contributed by atoms with Gasteiger partial charge < -0.3 is 5.11 Å². The Morgan fingerprint density at radius 2 is 2.42 bits per heavy atom. The van der Waals surface area contributed by atoms with Gasteiger partial charge in [-0.3, -0.25) is 15.8 Å². The maximum absolute atomic E-state index is 10.4. The van der Waals surface area contributed by atoms with Crippen molar-refractivity contribution in [3.8, 4) is 0 Å². The van der Waals surface area contributed by atoms with Crippen LogP contribution in [0, 0.1) is 10.1 Å². The molecule has 5 nitrogen and oxygen atoms in total. The summed E-state index contributed by atoms with van der Waals surface area (Å²) >= 11 is 5.45. The van der Waals surface area contributed by atoms with Gasteiger partial charge in [0.1, 0.15) is 5.76 Å². The molecule has 1 atom stereocenters. The number of nitro groups is 1. The van der Waals surface area contributed by atoms with Crippen LogP contribution in [-0.4, -0.2) is 15.7 Å². The van der Waals surface area contributed by atoms with E-state index in [9.17, 15) is 10.1 Å². The summed E-state index contributed by atoms with van der Waals surface area (Å²) in [6, 6.07) is 0. The van der Waals surface area contributed by atoms with Crippen LogP contribution in [0.15, 0.2) is 22.9 Å². The van der Waals surface area contributed by atoms with E-state index in [4.69, 9.17) is 22.4 Å². The fraction of sp³-hybridized carbons (Fsp3) is 0.333. The molecule has 12 heavy (non-hydrogen) atoms. The minimum absolute atomic E-state index is 0.0535. The lowest BCUT2D eigenvalue weighted by atomic mass is 10.0. The summed E-state index contributed by atoms with van der Waals surface area (Å²) in [5, 5.41) is 19.3. The monoisotopic (exact) mass is 190 g/mol. The molecule has 0 aromatic carbocycles. The Bertz CT molecular complexity index is 287. The lowest BCUT2D eigenvalue weighted by Crippen LogP contribution is -2.46. The molecule has 1 aliphatic carbocycles. The Hall–Kier alpha value is -1.07. The zero-order chi connectivity index (χ0) is 9.35. The molecule has 3 N–H and O–H groups in total. The first kappa shape index (κ1) is 9.02. The molecule has 0 spiro atoms. The number of nitrogens with two attached hydrogens (primary N) is 1. The molecule has 1 unspecified atom stereocenters. The van der Waals surface area contributed by atoms with Crippen LogP contribution in [0.2, 0.25) is 0 Å². The average Bonchev–Trinajstić information content (AvgIpc) is 1.97. The highest BCUT2D eigenvalue weighted by molar-refractivity contribution is 6.31. The van der Waals surface area contributed by atoms with Gasteiger partial charge in [0.25, 0.3) is 5.66 Å². The third kappa shape index (κ3) is 1.41. The van der Waals surface area contributed by atoms with Gasteiger partial charge >= 0.3 is 0 Å². The number of allylic oxidation sites excluding steroid dienone is 1. The summed E-state index contributed by atoms with van der Waals surface area (Å²) in [4.78, 5) is 9.75. The van der Waals surface area contributed by atoms with Crippen LogP contribution in [0.1, 0.15) is 6.42 Å². The second-order valence-electron chi connectivity index (χ2n) is 2.53. The van der Waals surface area contributed by atoms with Crippen LogP contribution in [0.3, 0.4) is 0 Å². The molecular weight excluding hydrogens is 184 g/mol. The van der Waals surface area contributed by atoms with Crippen LogP contribution < -0.4 is 5.73 Å². The number of hydrogen-bond acceptors (Lipinski definition) is 4. The Kier molecular flexibility index (Phi) is 2.08. The Morgan fingerprint density at radius 3 is 2.83 bits per heavy atom. The first-order valence-electron chi connectivity index (χ1n) is 3.17. The van der Waals surface area contributed by atoms with Crippen molar-refractivity contribution in [1.29, 1.82) is 0 Å². The molecule has 0 amide bonds. The van der Waals surface area contributed by atoms with E-state index in [1.165, 1.54) is 6.08 Å². The molecule has 0 aliphatic heterocycles. The van der Waals surface area contributed by atoms with E-state index in [1.54, 1.807) is 0 Å². The highest BCUT2D eigenvalue weighted by atomic mass is 35.5. The highest BCUT2D eigenvalue weighted by Gasteiger charge is 2.37. The van der Waals surface area contributed by atoms with Crippen LogP contribution in [-0.2, 0) is 0 Å². The molecule has 66 valence electrons. The topological polar surface area (TPSA) is 89.4 Å². The third-order valence-corrected chi connectivity index (χ3v) is 1.89. The van der Waals surface area contributed by atoms with E-state index in [-0.39, 0.29) is 17.2 Å². The summed E-state index contributed by atoms with van der Waals surface area (Å²) in [7, 11) is 0. The van der Waals surface area contributed by atoms with Gasteiger partial charge in [0, 0.05) is 11.0 Å². The second-order valence-corrected chi connectivity index (χ2v) is 2.94. The van der Waals surface area contributed by atoms with Gasteiger partial charge in [-0.05, 0) is 6.08 Å². The van der Waals surface area contributed by atoms with Crippen molar-refractivity contribution in [2.45, 2.75) is 12.1 Å². The van der Waals surface area contributed by atoms with Gasteiger partial charge in [0.2, 0.25) is 0 Å². The smallest absolute Gasteiger partial charge is 0.296 e. The van der Waals surface area contributed by atoms with E-state index < -0.39 is 10.6 Å². The predicted octanol–water partition coefficient (Wildman–Crippen LogP) is 0.886. The Labute approximate surface area is 73.3 Å². The quantitative estimate of drug-likeness (QED) is 0.365. The van der Waals surface area contributed by atoms with E-state index >= 15 is 0 Å². The summed E-state index contributed by atoms with van der Waals surface area (Å²) in [5.41, 5.74) is 3.66. The van der Waals surface area contributed by atoms with Gasteiger partial charge in [-0.1, -0.05) is 11.6 Å². The molecule has 0 heterocycles. The summed E-state index contributed by atoms with van der Waals surface area (Å²) < 4.78 is 0. The second kappa shape index (κ2) is 2.76. The minimum Gasteiger partial charge on any atom is -0.507 e. The van der Waals surface area contributed by atoms with Crippen molar-refractivity contribution in [3.05, 3.63) is 33.1 Å². The van der Waals surface area contributed by atoms with Crippen molar-refractivity contribution < 1.29 is 10.0 Å². The lowest BCUT2D eigenvalue weighted by Gasteiger charge is -2.18. The minimum atomic E-state index is -1.68. The maximum Gasteiger partial charge on any atom is 0.296 e. The average molecular weight is 191 g/mol. The zero-order valence-electron chi connectivity index (χ0n) is 6.03. The van der Waals surface area contributed by atoms with Crippen LogP contribution in [0.5, 0.6) is 0 Å². The number of rotatable bonds is 1. The van der Waals surface area contributed by atoms with Crippen molar-refractivity contribution in [3.63, 3.8) is 0 Å². The van der Waals surface area contributed by atoms with Gasteiger partial charge in [0.05, 0.1) is 11.5 Å². The molecular formula is C6H7ClN2O3. The van der Waals surface area contributed by atoms with Crippen LogP contribution in [0.4, 0.5) is 0 Å². The van der Waals surface area contributed by atoms with Gasteiger partial charge in [-0.25, -0.2) is 0 Å². The summed E-state index contributed by atoms with van der Waals surface area (Å²) in [6.07, 6.45) is 2.21. The molecule has 0 saturated carbocycles. The fourth-order valence-corrected chi connectivity index (χ4v) is 1.10. The van der Waals surface area contributed by atoms with Crippen LogP contribution >= 0.6 is 11.6 Å². The van der Waals surface area contributed by atoms with Crippen LogP contribution in [0.25, 0.3) is 0 Å². The van der Waals surface area contributed by atoms with Crippen molar-refractivity contribution in [2.75, 3.05) is 0 Å². The highest BCUT2D eigenvalue weighted by Crippen LogP contribution is 2.25. The third-order valence-electron chi connectivity index (χ3n) is 1.58. The summed E-state index contributed by atoms with van der Waals surface area (Å²) in [6.45, 7) is 0. The number of halogens is 1. The molecule has 0 aromatic heterocycles. The maximum atomic E-state index is 10.4. The fourth-order valence-electron chi connectivity index (χ4n) is 0.837. The van der Waals surface area contributed by atoms with Gasteiger partial charge in [0.15, 0.2) is 0 Å². The predicted molar refractivity (Wildman–Crippen MR) is 43.2 cm³/mol. The summed E-state index contributed by atoms with van der Waals surface area (Å²) in [5.74, 6) is -0.167. The van der Waals surface area contributed by atoms with E-state index in [1.807, 2.05) is 0 Å². The molecule has 0 saturated heterocycles. The zero-order valence-corrected chi connectivity index (χ0v) is 6.78. The van der Waals surface area contributed by atoms with E-state index in [2.05, 4.69) is 0 Å². The Balaban J connectivity index is 2.98. The van der Waals surface area contributed by atoms with Gasteiger partial charge in [-0.15, -0.1) is 0 Å². The largest absolute Gasteiger partial charge is 0.507 e.